The van der Waals surface area contributed by atoms with E-state index in [9.17, 15) is 0 Å². The average Bonchev–Trinajstić information content (AvgIpc) is 2.65. The predicted octanol–water partition coefficient (Wildman–Crippen LogP) is 0.781. The van der Waals surface area contributed by atoms with E-state index >= 15 is 0 Å². The number of guanidine groups is 1. The Morgan fingerprint density at radius 1 is 1.35 bits per heavy atom. The van der Waals surface area contributed by atoms with Gasteiger partial charge in [-0.25, -0.2) is 0 Å². The van der Waals surface area contributed by atoms with E-state index in [2.05, 4.69) is 41.5 Å². The molecule has 0 saturated carbocycles. The molecule has 1 aromatic heterocycles. The Morgan fingerprint density at radius 3 is 2.65 bits per heavy atom. The molecule has 0 aliphatic carbocycles. The molecule has 0 fully saturated rings. The van der Waals surface area contributed by atoms with Crippen LogP contribution in [0.4, 0.5) is 0 Å². The fourth-order valence-electron chi connectivity index (χ4n) is 2.08. The number of aryl methyl sites for hydroxylation is 2. The van der Waals surface area contributed by atoms with Crippen molar-refractivity contribution < 1.29 is 4.74 Å². The summed E-state index contributed by atoms with van der Waals surface area (Å²) in [5, 5.41) is 11.0. The quantitative estimate of drug-likeness (QED) is 0.440. The number of methoxy groups -OCH3 is 1. The van der Waals surface area contributed by atoms with Crippen molar-refractivity contribution in [2.75, 3.05) is 33.4 Å². The molecule has 0 amide bonds. The highest BCUT2D eigenvalue weighted by atomic mass is 16.5. The van der Waals surface area contributed by atoms with E-state index in [1.165, 1.54) is 11.3 Å². The molecule has 6 nitrogen and oxygen atoms in total. The van der Waals surface area contributed by atoms with Crippen molar-refractivity contribution in [1.29, 1.82) is 0 Å². The van der Waals surface area contributed by atoms with E-state index < -0.39 is 0 Å². The number of aromatic nitrogens is 2. The highest BCUT2D eigenvalue weighted by Crippen LogP contribution is 2.11. The summed E-state index contributed by atoms with van der Waals surface area (Å²) in [7, 11) is 3.67. The number of hydrogen-bond donors (Lipinski definition) is 2. The van der Waals surface area contributed by atoms with Crippen molar-refractivity contribution in [3.05, 3.63) is 17.0 Å². The third-order valence-electron chi connectivity index (χ3n) is 3.24. The van der Waals surface area contributed by atoms with Crippen LogP contribution in [0.25, 0.3) is 0 Å². The zero-order valence-electron chi connectivity index (χ0n) is 13.3. The van der Waals surface area contributed by atoms with E-state index in [-0.39, 0.29) is 0 Å². The van der Waals surface area contributed by atoms with Crippen molar-refractivity contribution in [2.24, 2.45) is 12.0 Å². The van der Waals surface area contributed by atoms with Gasteiger partial charge in [-0.2, -0.15) is 5.10 Å². The second-order valence-electron chi connectivity index (χ2n) is 4.70. The molecule has 0 bridgehead atoms. The van der Waals surface area contributed by atoms with Crippen LogP contribution in [0.1, 0.15) is 23.9 Å². The molecule has 0 saturated heterocycles. The van der Waals surface area contributed by atoms with Crippen LogP contribution in [0, 0.1) is 13.8 Å². The monoisotopic (exact) mass is 281 g/mol. The minimum atomic E-state index is 0.636. The highest BCUT2D eigenvalue weighted by Gasteiger charge is 2.08. The van der Waals surface area contributed by atoms with Crippen molar-refractivity contribution in [2.45, 2.75) is 27.2 Å². The van der Waals surface area contributed by atoms with Gasteiger partial charge >= 0.3 is 0 Å². The standard InChI is InChI=1S/C14H27N5O/c1-6-15-14(17-9-10-20-5)16-8-7-13-11(2)18-19(4)12(13)3/h6-10H2,1-5H3,(H2,15,16,17). The number of hydrogen-bond acceptors (Lipinski definition) is 3. The number of nitrogens with one attached hydrogen (secondary N) is 2. The molecule has 1 heterocycles. The second kappa shape index (κ2) is 8.58. The maximum Gasteiger partial charge on any atom is 0.191 e. The largest absolute Gasteiger partial charge is 0.383 e. The van der Waals surface area contributed by atoms with Gasteiger partial charge in [-0.05, 0) is 32.8 Å². The lowest BCUT2D eigenvalue weighted by Crippen LogP contribution is -2.38. The van der Waals surface area contributed by atoms with Crippen LogP contribution in [0.3, 0.4) is 0 Å². The van der Waals surface area contributed by atoms with E-state index in [0.717, 1.165) is 31.2 Å². The van der Waals surface area contributed by atoms with Gasteiger partial charge in [-0.15, -0.1) is 0 Å². The Hall–Kier alpha value is -1.56. The number of rotatable bonds is 7. The summed E-state index contributed by atoms with van der Waals surface area (Å²) in [5.74, 6) is 0.837. The fourth-order valence-corrected chi connectivity index (χ4v) is 2.08. The Kier molecular flexibility index (Phi) is 7.08. The average molecular weight is 281 g/mol. The molecule has 0 aliphatic rings. The summed E-state index contributed by atoms with van der Waals surface area (Å²) >= 11 is 0. The lowest BCUT2D eigenvalue weighted by molar-refractivity contribution is 0.208. The molecular formula is C14H27N5O. The van der Waals surface area contributed by atoms with E-state index in [4.69, 9.17) is 4.74 Å². The van der Waals surface area contributed by atoms with Crippen LogP contribution in [-0.2, 0) is 18.2 Å². The summed E-state index contributed by atoms with van der Waals surface area (Å²) in [6.45, 7) is 9.21. The molecule has 2 N–H and O–H groups in total. The van der Waals surface area contributed by atoms with Crippen molar-refractivity contribution in [1.82, 2.24) is 20.4 Å². The van der Waals surface area contributed by atoms with Gasteiger partial charge in [0, 0.05) is 32.9 Å². The van der Waals surface area contributed by atoms with Crippen LogP contribution in [0.15, 0.2) is 4.99 Å². The highest BCUT2D eigenvalue weighted by molar-refractivity contribution is 5.79. The molecule has 0 unspecified atom stereocenters. The SMILES string of the molecule is CCNC(=NCCOC)NCCc1c(C)nn(C)c1C. The number of aliphatic imine (C=N–C) groups is 1. The molecule has 0 aliphatic heterocycles. The van der Waals surface area contributed by atoms with Crippen LogP contribution < -0.4 is 10.6 Å². The Morgan fingerprint density at radius 2 is 2.10 bits per heavy atom. The van der Waals surface area contributed by atoms with E-state index in [1.54, 1.807) is 7.11 Å². The summed E-state index contributed by atoms with van der Waals surface area (Å²) in [6.07, 6.45) is 0.945. The summed E-state index contributed by atoms with van der Waals surface area (Å²) < 4.78 is 6.94. The maximum absolute atomic E-state index is 5.00. The van der Waals surface area contributed by atoms with Gasteiger partial charge in [0.2, 0.25) is 0 Å². The minimum absolute atomic E-state index is 0.636. The lowest BCUT2D eigenvalue weighted by atomic mass is 10.1. The Labute approximate surface area is 121 Å². The topological polar surface area (TPSA) is 63.5 Å². The van der Waals surface area contributed by atoms with Gasteiger partial charge in [0.25, 0.3) is 0 Å². The van der Waals surface area contributed by atoms with Gasteiger partial charge in [0.15, 0.2) is 5.96 Å². The molecule has 0 radical (unpaired) electrons. The molecular weight excluding hydrogens is 254 g/mol. The maximum atomic E-state index is 5.00. The first kappa shape index (κ1) is 16.5. The summed E-state index contributed by atoms with van der Waals surface area (Å²) in [6, 6.07) is 0. The first-order chi connectivity index (χ1) is 9.60. The van der Waals surface area contributed by atoms with Crippen molar-refractivity contribution >= 4 is 5.96 Å². The lowest BCUT2D eigenvalue weighted by Gasteiger charge is -2.11. The minimum Gasteiger partial charge on any atom is -0.383 e. The van der Waals surface area contributed by atoms with Gasteiger partial charge < -0.3 is 15.4 Å². The summed E-state index contributed by atoms with van der Waals surface area (Å²) in [4.78, 5) is 4.43. The van der Waals surface area contributed by atoms with Crippen LogP contribution in [0.2, 0.25) is 0 Å². The normalized spacial score (nSPS) is 11.8. The van der Waals surface area contributed by atoms with Crippen LogP contribution in [-0.4, -0.2) is 49.1 Å². The third kappa shape index (κ3) is 4.85. The summed E-state index contributed by atoms with van der Waals surface area (Å²) in [5.41, 5.74) is 3.64. The molecule has 6 heteroatoms. The van der Waals surface area contributed by atoms with E-state index in [1.807, 2.05) is 11.7 Å². The predicted molar refractivity (Wildman–Crippen MR) is 82.2 cm³/mol. The molecule has 20 heavy (non-hydrogen) atoms. The van der Waals surface area contributed by atoms with Gasteiger partial charge in [0.1, 0.15) is 0 Å². The molecule has 1 rings (SSSR count). The third-order valence-corrected chi connectivity index (χ3v) is 3.24. The van der Waals surface area contributed by atoms with Gasteiger partial charge in [0.05, 0.1) is 18.8 Å². The van der Waals surface area contributed by atoms with Crippen molar-refractivity contribution in [3.63, 3.8) is 0 Å². The van der Waals surface area contributed by atoms with E-state index in [0.29, 0.717) is 13.2 Å². The first-order valence-corrected chi connectivity index (χ1v) is 7.10. The zero-order valence-corrected chi connectivity index (χ0v) is 13.3. The molecule has 0 spiro atoms. The van der Waals surface area contributed by atoms with Crippen LogP contribution in [0.5, 0.6) is 0 Å². The Bertz CT molecular complexity index is 439. The van der Waals surface area contributed by atoms with Crippen molar-refractivity contribution in [3.8, 4) is 0 Å². The Balaban J connectivity index is 2.49. The molecule has 114 valence electrons. The van der Waals surface area contributed by atoms with Gasteiger partial charge in [-0.3, -0.25) is 9.67 Å². The fraction of sp³-hybridized carbons (Fsp3) is 0.714. The van der Waals surface area contributed by atoms with Crippen LogP contribution >= 0.6 is 0 Å². The number of nitrogens with zero attached hydrogens (tertiary/aromatic N) is 3. The van der Waals surface area contributed by atoms with Gasteiger partial charge in [-0.1, -0.05) is 0 Å². The second-order valence-corrected chi connectivity index (χ2v) is 4.70. The number of ether oxygens (including phenoxy) is 1. The first-order valence-electron chi connectivity index (χ1n) is 7.10. The molecule has 0 aromatic carbocycles. The molecule has 1 aromatic rings. The smallest absolute Gasteiger partial charge is 0.191 e. The zero-order chi connectivity index (χ0) is 15.0. The molecule has 0 atom stereocenters.